The van der Waals surface area contributed by atoms with Crippen molar-refractivity contribution in [3.8, 4) is 0 Å². The second-order valence-electron chi connectivity index (χ2n) is 4.78. The normalized spacial score (nSPS) is 25.1. The molecule has 1 aliphatic heterocycles. The lowest BCUT2D eigenvalue weighted by atomic mass is 10.1. The Balaban J connectivity index is 1.91. The summed E-state index contributed by atoms with van der Waals surface area (Å²) in [5.41, 5.74) is 0.368. The summed E-state index contributed by atoms with van der Waals surface area (Å²) in [6, 6.07) is 0. The Morgan fingerprint density at radius 1 is 1.76 bits per heavy atom. The van der Waals surface area contributed by atoms with Crippen LogP contribution in [0.3, 0.4) is 0 Å². The van der Waals surface area contributed by atoms with E-state index < -0.39 is 5.60 Å². The van der Waals surface area contributed by atoms with E-state index in [1.54, 1.807) is 0 Å². The molecule has 1 amide bonds. The zero-order valence-corrected chi connectivity index (χ0v) is 10.9. The number of nitrogens with zero attached hydrogens (tertiary/aromatic N) is 2. The van der Waals surface area contributed by atoms with Crippen molar-refractivity contribution in [2.75, 3.05) is 18.4 Å². The summed E-state index contributed by atoms with van der Waals surface area (Å²) in [5.74, 6) is -0.102. The van der Waals surface area contributed by atoms with Crippen LogP contribution in [-0.4, -0.2) is 39.6 Å². The van der Waals surface area contributed by atoms with Gasteiger partial charge in [0.15, 0.2) is 5.13 Å². The van der Waals surface area contributed by atoms with Gasteiger partial charge in [0.1, 0.15) is 0 Å². The van der Waals surface area contributed by atoms with Crippen molar-refractivity contribution < 1.29 is 9.90 Å². The number of nitrogens with one attached hydrogen (secondary N) is 1. The molecule has 1 atom stereocenters. The summed E-state index contributed by atoms with van der Waals surface area (Å²) in [7, 11) is 0. The first-order valence-electron chi connectivity index (χ1n) is 5.61. The molecule has 2 heterocycles. The Bertz CT molecular complexity index is 417. The van der Waals surface area contributed by atoms with Gasteiger partial charge in [-0.25, -0.2) is 4.98 Å². The molecule has 0 bridgehead atoms. The van der Waals surface area contributed by atoms with Gasteiger partial charge in [0.05, 0.1) is 11.3 Å². The molecule has 1 fully saturated rings. The lowest BCUT2D eigenvalue weighted by Crippen LogP contribution is -2.29. The third-order valence-corrected chi connectivity index (χ3v) is 3.56. The molecule has 0 radical (unpaired) electrons. The molecule has 17 heavy (non-hydrogen) atoms. The van der Waals surface area contributed by atoms with Crippen LogP contribution in [0.15, 0.2) is 5.38 Å². The number of thiazole rings is 1. The summed E-state index contributed by atoms with van der Waals surface area (Å²) in [6.45, 7) is 5.63. The average molecular weight is 255 g/mol. The minimum absolute atomic E-state index is 0.102. The van der Waals surface area contributed by atoms with Crippen LogP contribution in [0.5, 0.6) is 0 Å². The van der Waals surface area contributed by atoms with Gasteiger partial charge in [0.25, 0.3) is 0 Å². The molecular weight excluding hydrogens is 238 g/mol. The number of anilines is 1. The van der Waals surface area contributed by atoms with E-state index in [9.17, 15) is 9.90 Å². The van der Waals surface area contributed by atoms with E-state index in [2.05, 4.69) is 15.2 Å². The van der Waals surface area contributed by atoms with Crippen LogP contribution in [0.1, 0.15) is 26.0 Å². The Kier molecular flexibility index (Phi) is 3.46. The smallest absolute Gasteiger partial charge is 0.223 e. The van der Waals surface area contributed by atoms with Gasteiger partial charge < -0.3 is 10.4 Å². The molecule has 1 aliphatic rings. The SMILES string of the molecule is CC(=O)Nc1nc(CN2CCC(C)(O)C2)cs1. The Morgan fingerprint density at radius 3 is 3.12 bits per heavy atom. The topological polar surface area (TPSA) is 65.5 Å². The van der Waals surface area contributed by atoms with E-state index in [0.29, 0.717) is 11.7 Å². The van der Waals surface area contributed by atoms with Crippen LogP contribution < -0.4 is 5.32 Å². The van der Waals surface area contributed by atoms with Crippen LogP contribution in [0.25, 0.3) is 0 Å². The molecule has 1 saturated heterocycles. The molecule has 6 heteroatoms. The predicted molar refractivity (Wildman–Crippen MR) is 66.9 cm³/mol. The number of carbonyl (C=O) groups excluding carboxylic acids is 1. The third kappa shape index (κ3) is 3.49. The van der Waals surface area contributed by atoms with Gasteiger partial charge in [-0.3, -0.25) is 9.69 Å². The first-order valence-corrected chi connectivity index (χ1v) is 6.49. The van der Waals surface area contributed by atoms with Gasteiger partial charge in [-0.2, -0.15) is 0 Å². The summed E-state index contributed by atoms with van der Waals surface area (Å²) in [4.78, 5) is 17.4. The van der Waals surface area contributed by atoms with Crippen molar-refractivity contribution in [3.05, 3.63) is 11.1 Å². The van der Waals surface area contributed by atoms with E-state index in [1.807, 2.05) is 12.3 Å². The lowest BCUT2D eigenvalue weighted by Gasteiger charge is -2.17. The molecule has 0 aromatic carbocycles. The molecule has 94 valence electrons. The molecule has 2 rings (SSSR count). The molecule has 1 unspecified atom stereocenters. The molecule has 1 aromatic heterocycles. The van der Waals surface area contributed by atoms with Gasteiger partial charge in [-0.1, -0.05) is 0 Å². The van der Waals surface area contributed by atoms with Crippen molar-refractivity contribution in [1.82, 2.24) is 9.88 Å². The van der Waals surface area contributed by atoms with Crippen LogP contribution in [0.4, 0.5) is 5.13 Å². The molecule has 0 spiro atoms. The van der Waals surface area contributed by atoms with Gasteiger partial charge in [0.2, 0.25) is 5.91 Å². The highest BCUT2D eigenvalue weighted by molar-refractivity contribution is 7.13. The number of hydrogen-bond donors (Lipinski definition) is 2. The molecule has 5 nitrogen and oxygen atoms in total. The maximum atomic E-state index is 10.9. The fourth-order valence-corrected chi connectivity index (χ4v) is 2.74. The minimum atomic E-state index is -0.573. The zero-order chi connectivity index (χ0) is 12.5. The molecule has 2 N–H and O–H groups in total. The fraction of sp³-hybridized carbons (Fsp3) is 0.636. The van der Waals surface area contributed by atoms with Crippen LogP contribution in [0.2, 0.25) is 0 Å². The maximum absolute atomic E-state index is 10.9. The predicted octanol–water partition coefficient (Wildman–Crippen LogP) is 1.06. The Hall–Kier alpha value is -0.980. The number of likely N-dealkylation sites (tertiary alicyclic amines) is 1. The summed E-state index contributed by atoms with van der Waals surface area (Å²) < 4.78 is 0. The lowest BCUT2D eigenvalue weighted by molar-refractivity contribution is -0.114. The monoisotopic (exact) mass is 255 g/mol. The largest absolute Gasteiger partial charge is 0.389 e. The van der Waals surface area contributed by atoms with Crippen LogP contribution in [-0.2, 0) is 11.3 Å². The molecule has 1 aromatic rings. The highest BCUT2D eigenvalue weighted by Gasteiger charge is 2.31. The first-order chi connectivity index (χ1) is 7.94. The van der Waals surface area contributed by atoms with E-state index in [4.69, 9.17) is 0 Å². The van der Waals surface area contributed by atoms with Crippen LogP contribution >= 0.6 is 11.3 Å². The summed E-state index contributed by atoms with van der Waals surface area (Å²) >= 11 is 1.43. The van der Waals surface area contributed by atoms with Crippen molar-refractivity contribution in [1.29, 1.82) is 0 Å². The average Bonchev–Trinajstić information content (AvgIpc) is 2.73. The van der Waals surface area contributed by atoms with Crippen molar-refractivity contribution in [3.63, 3.8) is 0 Å². The minimum Gasteiger partial charge on any atom is -0.389 e. The molecular formula is C11H17N3O2S. The Labute approximate surface area is 104 Å². The first kappa shape index (κ1) is 12.5. The summed E-state index contributed by atoms with van der Waals surface area (Å²) in [5, 5.41) is 15.1. The maximum Gasteiger partial charge on any atom is 0.223 e. The van der Waals surface area contributed by atoms with E-state index >= 15 is 0 Å². The number of β-amino-alcohol motifs (C(OH)–C–C–N with tert-alkyl or cyclic N) is 1. The van der Waals surface area contributed by atoms with E-state index in [1.165, 1.54) is 18.3 Å². The number of aromatic nitrogens is 1. The molecule has 0 aliphatic carbocycles. The van der Waals surface area contributed by atoms with Crippen molar-refractivity contribution in [2.45, 2.75) is 32.4 Å². The number of rotatable bonds is 3. The fourth-order valence-electron chi connectivity index (χ4n) is 1.99. The zero-order valence-electron chi connectivity index (χ0n) is 10.1. The van der Waals surface area contributed by atoms with Crippen LogP contribution in [0, 0.1) is 0 Å². The second kappa shape index (κ2) is 4.72. The number of aliphatic hydroxyl groups is 1. The van der Waals surface area contributed by atoms with E-state index in [0.717, 1.165) is 25.2 Å². The summed E-state index contributed by atoms with van der Waals surface area (Å²) in [6.07, 6.45) is 0.801. The van der Waals surface area contributed by atoms with E-state index in [-0.39, 0.29) is 5.91 Å². The highest BCUT2D eigenvalue weighted by atomic mass is 32.1. The van der Waals surface area contributed by atoms with Gasteiger partial charge in [-0.05, 0) is 13.3 Å². The van der Waals surface area contributed by atoms with Gasteiger partial charge >= 0.3 is 0 Å². The standard InChI is InChI=1S/C11H17N3O2S/c1-8(15)12-10-13-9(6-17-10)5-14-4-3-11(2,16)7-14/h6,16H,3-5,7H2,1-2H3,(H,12,13,15). The Morgan fingerprint density at radius 2 is 2.53 bits per heavy atom. The van der Waals surface area contributed by atoms with Gasteiger partial charge in [0, 0.05) is 31.9 Å². The number of carbonyl (C=O) groups is 1. The quantitative estimate of drug-likeness (QED) is 0.847. The third-order valence-electron chi connectivity index (χ3n) is 2.75. The number of hydrogen-bond acceptors (Lipinski definition) is 5. The molecule has 0 saturated carbocycles. The van der Waals surface area contributed by atoms with Crippen molar-refractivity contribution in [2.24, 2.45) is 0 Å². The van der Waals surface area contributed by atoms with Gasteiger partial charge in [-0.15, -0.1) is 11.3 Å². The second-order valence-corrected chi connectivity index (χ2v) is 5.64. The number of amides is 1. The van der Waals surface area contributed by atoms with Crippen molar-refractivity contribution >= 4 is 22.4 Å². The highest BCUT2D eigenvalue weighted by Crippen LogP contribution is 2.23.